The SMILES string of the molecule is COc1nc(CCl)c(C(F)F)cc1CC#N. The van der Waals surface area contributed by atoms with Crippen LogP contribution in [0, 0.1) is 11.3 Å². The van der Waals surface area contributed by atoms with Crippen LogP contribution >= 0.6 is 11.6 Å². The fourth-order valence-electron chi connectivity index (χ4n) is 1.28. The van der Waals surface area contributed by atoms with Crippen LogP contribution in [0.1, 0.15) is 23.2 Å². The highest BCUT2D eigenvalue weighted by Crippen LogP contribution is 2.28. The molecular weight excluding hydrogens is 238 g/mol. The van der Waals surface area contributed by atoms with Crippen molar-refractivity contribution in [3.8, 4) is 11.9 Å². The van der Waals surface area contributed by atoms with Crippen molar-refractivity contribution >= 4 is 11.6 Å². The van der Waals surface area contributed by atoms with E-state index in [2.05, 4.69) is 4.98 Å². The highest BCUT2D eigenvalue weighted by atomic mass is 35.5. The Hall–Kier alpha value is -1.41. The Bertz CT molecular complexity index is 418. The van der Waals surface area contributed by atoms with Crippen LogP contribution in [0.25, 0.3) is 0 Å². The number of nitriles is 1. The number of rotatable bonds is 4. The number of ether oxygens (including phenoxy) is 1. The van der Waals surface area contributed by atoms with Gasteiger partial charge in [0.25, 0.3) is 6.43 Å². The molecule has 6 heteroatoms. The van der Waals surface area contributed by atoms with E-state index in [9.17, 15) is 8.78 Å². The van der Waals surface area contributed by atoms with Crippen LogP contribution in [-0.4, -0.2) is 12.1 Å². The maximum absolute atomic E-state index is 12.6. The molecule has 0 aromatic carbocycles. The Morgan fingerprint density at radius 2 is 2.31 bits per heavy atom. The normalized spacial score (nSPS) is 10.2. The van der Waals surface area contributed by atoms with E-state index >= 15 is 0 Å². The Labute approximate surface area is 96.6 Å². The van der Waals surface area contributed by atoms with Crippen LogP contribution in [0.4, 0.5) is 8.78 Å². The second kappa shape index (κ2) is 5.61. The van der Waals surface area contributed by atoms with Gasteiger partial charge in [0, 0.05) is 11.1 Å². The number of methoxy groups -OCH3 is 1. The molecule has 0 aliphatic rings. The summed E-state index contributed by atoms with van der Waals surface area (Å²) in [5.41, 5.74) is 0.172. The van der Waals surface area contributed by atoms with E-state index in [0.29, 0.717) is 5.56 Å². The molecule has 0 N–H and O–H groups in total. The molecule has 0 aliphatic carbocycles. The predicted molar refractivity (Wildman–Crippen MR) is 54.6 cm³/mol. The summed E-state index contributed by atoms with van der Waals surface area (Å²) in [6, 6.07) is 3.08. The van der Waals surface area contributed by atoms with Gasteiger partial charge in [0.2, 0.25) is 5.88 Å². The maximum atomic E-state index is 12.6. The number of alkyl halides is 3. The summed E-state index contributed by atoms with van der Waals surface area (Å²) in [6.07, 6.45) is -2.69. The molecule has 0 amide bonds. The summed E-state index contributed by atoms with van der Waals surface area (Å²) >= 11 is 5.52. The predicted octanol–water partition coefficient (Wildman–Crippen LogP) is 2.83. The number of nitrogens with zero attached hydrogens (tertiary/aromatic N) is 2. The van der Waals surface area contributed by atoms with Crippen LogP contribution in [0.2, 0.25) is 0 Å². The van der Waals surface area contributed by atoms with Crippen LogP contribution in [-0.2, 0) is 12.3 Å². The zero-order valence-electron chi connectivity index (χ0n) is 8.51. The van der Waals surface area contributed by atoms with E-state index in [1.807, 2.05) is 6.07 Å². The van der Waals surface area contributed by atoms with Crippen molar-refractivity contribution < 1.29 is 13.5 Å². The van der Waals surface area contributed by atoms with Gasteiger partial charge in [-0.2, -0.15) is 5.26 Å². The highest BCUT2D eigenvalue weighted by Gasteiger charge is 2.18. The lowest BCUT2D eigenvalue weighted by Crippen LogP contribution is -2.03. The van der Waals surface area contributed by atoms with Crippen molar-refractivity contribution in [3.05, 3.63) is 22.9 Å². The summed E-state index contributed by atoms with van der Waals surface area (Å²) in [5, 5.41) is 8.55. The smallest absolute Gasteiger partial charge is 0.265 e. The molecule has 0 saturated heterocycles. The molecule has 0 atom stereocenters. The van der Waals surface area contributed by atoms with Gasteiger partial charge in [-0.3, -0.25) is 0 Å². The van der Waals surface area contributed by atoms with Crippen molar-refractivity contribution in [2.24, 2.45) is 0 Å². The van der Waals surface area contributed by atoms with Crippen LogP contribution < -0.4 is 4.74 Å². The van der Waals surface area contributed by atoms with E-state index in [1.54, 1.807) is 0 Å². The second-order valence-electron chi connectivity index (χ2n) is 2.96. The Balaban J connectivity index is 3.30. The van der Waals surface area contributed by atoms with Crippen molar-refractivity contribution in [1.82, 2.24) is 4.98 Å². The van der Waals surface area contributed by atoms with Gasteiger partial charge in [-0.05, 0) is 6.07 Å². The van der Waals surface area contributed by atoms with Gasteiger partial charge in [-0.1, -0.05) is 0 Å². The minimum Gasteiger partial charge on any atom is -0.481 e. The van der Waals surface area contributed by atoms with E-state index in [4.69, 9.17) is 21.6 Å². The molecule has 0 bridgehead atoms. The first kappa shape index (κ1) is 12.7. The number of pyridine rings is 1. The first-order valence-electron chi connectivity index (χ1n) is 4.41. The number of hydrogen-bond donors (Lipinski definition) is 0. The topological polar surface area (TPSA) is 45.9 Å². The lowest BCUT2D eigenvalue weighted by molar-refractivity contribution is 0.149. The van der Waals surface area contributed by atoms with Gasteiger partial charge in [-0.25, -0.2) is 13.8 Å². The second-order valence-corrected chi connectivity index (χ2v) is 3.23. The van der Waals surface area contributed by atoms with E-state index in [0.717, 1.165) is 0 Å². The zero-order valence-corrected chi connectivity index (χ0v) is 9.26. The quantitative estimate of drug-likeness (QED) is 0.768. The molecular formula is C10H9ClF2N2O. The van der Waals surface area contributed by atoms with Crippen LogP contribution in [0.3, 0.4) is 0 Å². The van der Waals surface area contributed by atoms with Gasteiger partial charge < -0.3 is 4.74 Å². The number of aromatic nitrogens is 1. The Morgan fingerprint density at radius 1 is 1.62 bits per heavy atom. The molecule has 86 valence electrons. The standard InChI is InChI=1S/C10H9ClF2N2O/c1-16-10-6(2-3-14)4-7(9(12)13)8(5-11)15-10/h4,9H,2,5H2,1H3. The number of halogens is 3. The minimum absolute atomic E-state index is 0.0293. The van der Waals surface area contributed by atoms with Gasteiger partial charge >= 0.3 is 0 Å². The Kier molecular flexibility index (Phi) is 4.44. The molecule has 1 heterocycles. The average Bonchev–Trinajstić information content (AvgIpc) is 2.28. The van der Waals surface area contributed by atoms with Crippen molar-refractivity contribution in [2.45, 2.75) is 18.7 Å². The van der Waals surface area contributed by atoms with E-state index in [1.165, 1.54) is 13.2 Å². The first-order chi connectivity index (χ1) is 7.63. The molecule has 0 radical (unpaired) electrons. The molecule has 1 aromatic heterocycles. The maximum Gasteiger partial charge on any atom is 0.265 e. The molecule has 16 heavy (non-hydrogen) atoms. The molecule has 0 aliphatic heterocycles. The Morgan fingerprint density at radius 3 is 2.75 bits per heavy atom. The third kappa shape index (κ3) is 2.58. The zero-order chi connectivity index (χ0) is 12.1. The molecule has 0 unspecified atom stereocenters. The molecule has 0 fully saturated rings. The largest absolute Gasteiger partial charge is 0.481 e. The summed E-state index contributed by atoms with van der Waals surface area (Å²) in [6.45, 7) is 0. The van der Waals surface area contributed by atoms with Crippen LogP contribution in [0.5, 0.6) is 5.88 Å². The summed E-state index contributed by atoms with van der Waals surface area (Å²) in [4.78, 5) is 3.86. The lowest BCUT2D eigenvalue weighted by atomic mass is 10.1. The third-order valence-electron chi connectivity index (χ3n) is 2.00. The average molecular weight is 247 g/mol. The summed E-state index contributed by atoms with van der Waals surface area (Å²) in [7, 11) is 1.36. The molecule has 0 saturated carbocycles. The fourth-order valence-corrected chi connectivity index (χ4v) is 1.49. The summed E-state index contributed by atoms with van der Waals surface area (Å²) < 4.78 is 30.2. The van der Waals surface area contributed by atoms with Crippen LogP contribution in [0.15, 0.2) is 6.07 Å². The van der Waals surface area contributed by atoms with Gasteiger partial charge in [0.05, 0.1) is 31.2 Å². The minimum atomic E-state index is -2.66. The van der Waals surface area contributed by atoms with Gasteiger partial charge in [0.1, 0.15) is 0 Å². The van der Waals surface area contributed by atoms with Gasteiger partial charge in [0.15, 0.2) is 0 Å². The summed E-state index contributed by atoms with van der Waals surface area (Å²) in [5.74, 6) is 0.0460. The third-order valence-corrected chi connectivity index (χ3v) is 2.25. The molecule has 1 rings (SSSR count). The lowest BCUT2D eigenvalue weighted by Gasteiger charge is -2.11. The fraction of sp³-hybridized carbons (Fsp3) is 0.400. The first-order valence-corrected chi connectivity index (χ1v) is 4.95. The van der Waals surface area contributed by atoms with Crippen molar-refractivity contribution in [1.29, 1.82) is 5.26 Å². The molecule has 0 spiro atoms. The number of hydrogen-bond acceptors (Lipinski definition) is 3. The monoisotopic (exact) mass is 246 g/mol. The van der Waals surface area contributed by atoms with Crippen molar-refractivity contribution in [3.63, 3.8) is 0 Å². The molecule has 1 aromatic rings. The highest BCUT2D eigenvalue weighted by molar-refractivity contribution is 6.17. The van der Waals surface area contributed by atoms with Gasteiger partial charge in [-0.15, -0.1) is 11.6 Å². The van der Waals surface area contributed by atoms with E-state index < -0.39 is 6.43 Å². The van der Waals surface area contributed by atoms with E-state index in [-0.39, 0.29) is 29.4 Å². The molecule has 3 nitrogen and oxygen atoms in total. The van der Waals surface area contributed by atoms with Crippen molar-refractivity contribution in [2.75, 3.05) is 7.11 Å².